The van der Waals surface area contributed by atoms with E-state index in [-0.39, 0.29) is 30.1 Å². The summed E-state index contributed by atoms with van der Waals surface area (Å²) in [5.74, 6) is 1.27. The highest BCUT2D eigenvalue weighted by molar-refractivity contribution is 14.0. The van der Waals surface area contributed by atoms with E-state index < -0.39 is 0 Å². The van der Waals surface area contributed by atoms with E-state index in [4.69, 9.17) is 10.5 Å². The average molecular weight is 494 g/mol. The van der Waals surface area contributed by atoms with E-state index in [1.54, 1.807) is 0 Å². The zero-order valence-corrected chi connectivity index (χ0v) is 19.1. The molecule has 5 nitrogen and oxygen atoms in total. The van der Waals surface area contributed by atoms with Crippen molar-refractivity contribution >= 4 is 41.3 Å². The highest BCUT2D eigenvalue weighted by Gasteiger charge is 2.13. The maximum absolute atomic E-state index is 6.09. The number of rotatable bonds is 6. The van der Waals surface area contributed by atoms with Crippen LogP contribution in [0, 0.1) is 0 Å². The second-order valence-corrected chi connectivity index (χ2v) is 7.19. The number of para-hydroxylation sites is 1. The van der Waals surface area contributed by atoms with Gasteiger partial charge < -0.3 is 20.7 Å². The van der Waals surface area contributed by atoms with Crippen LogP contribution in [0.25, 0.3) is 0 Å². The molecule has 1 saturated heterocycles. The van der Waals surface area contributed by atoms with Crippen LogP contribution >= 0.6 is 24.0 Å². The van der Waals surface area contributed by atoms with Crippen molar-refractivity contribution in [2.75, 3.05) is 23.3 Å². The quantitative estimate of drug-likeness (QED) is 0.337. The number of hydrogen-bond donors (Lipinski definition) is 2. The van der Waals surface area contributed by atoms with Gasteiger partial charge in [0.1, 0.15) is 5.75 Å². The van der Waals surface area contributed by atoms with Crippen LogP contribution in [0.2, 0.25) is 0 Å². The van der Waals surface area contributed by atoms with Crippen molar-refractivity contribution in [3.8, 4) is 5.75 Å². The smallest absolute Gasteiger partial charge is 0.193 e. The number of piperidine rings is 1. The van der Waals surface area contributed by atoms with E-state index >= 15 is 0 Å². The maximum atomic E-state index is 6.09. The number of nitrogens with two attached hydrogens (primary N) is 1. The fourth-order valence-corrected chi connectivity index (χ4v) is 3.33. The molecule has 2 aromatic rings. The maximum Gasteiger partial charge on any atom is 0.193 e. The molecule has 0 spiro atoms. The van der Waals surface area contributed by atoms with Gasteiger partial charge >= 0.3 is 0 Å². The molecule has 1 aliphatic rings. The first-order chi connectivity index (χ1) is 13.1. The number of benzene rings is 2. The summed E-state index contributed by atoms with van der Waals surface area (Å²) in [5, 5.41) is 3.15. The molecule has 1 fully saturated rings. The summed E-state index contributed by atoms with van der Waals surface area (Å²) >= 11 is 0. The highest BCUT2D eigenvalue weighted by atomic mass is 127. The van der Waals surface area contributed by atoms with Crippen molar-refractivity contribution in [3.63, 3.8) is 0 Å². The molecule has 0 aromatic heterocycles. The van der Waals surface area contributed by atoms with Gasteiger partial charge in [0, 0.05) is 24.5 Å². The van der Waals surface area contributed by atoms with Gasteiger partial charge in [0.25, 0.3) is 0 Å². The Labute approximate surface area is 185 Å². The van der Waals surface area contributed by atoms with Crippen LogP contribution in [0.5, 0.6) is 5.75 Å². The van der Waals surface area contributed by atoms with Gasteiger partial charge in [-0.25, -0.2) is 4.99 Å². The Morgan fingerprint density at radius 1 is 1.07 bits per heavy atom. The van der Waals surface area contributed by atoms with Gasteiger partial charge in [-0.15, -0.1) is 24.0 Å². The largest absolute Gasteiger partial charge is 0.491 e. The first-order valence-electron chi connectivity index (χ1n) is 9.78. The Bertz CT molecular complexity index is 755. The standard InChI is InChI=1S/C22H30N4O.HI/c1-17(2)27-20-12-10-19(11-13-20)25-22(23)24-16-18-8-4-5-9-21(18)26-14-6-3-7-15-26;/h4-5,8-13,17H,3,6-7,14-16H2,1-2H3,(H3,23,24,25);1H. The van der Waals surface area contributed by atoms with Gasteiger partial charge in [-0.1, -0.05) is 18.2 Å². The first kappa shape index (κ1) is 22.3. The second-order valence-electron chi connectivity index (χ2n) is 7.19. The summed E-state index contributed by atoms with van der Waals surface area (Å²) in [6, 6.07) is 16.2. The predicted molar refractivity (Wildman–Crippen MR) is 129 cm³/mol. The van der Waals surface area contributed by atoms with E-state index in [0.717, 1.165) is 24.5 Å². The number of guanidine groups is 1. The van der Waals surface area contributed by atoms with Crippen LogP contribution in [0.4, 0.5) is 11.4 Å². The van der Waals surface area contributed by atoms with Crippen molar-refractivity contribution in [1.29, 1.82) is 0 Å². The van der Waals surface area contributed by atoms with Gasteiger partial charge in [0.15, 0.2) is 5.96 Å². The van der Waals surface area contributed by atoms with Crippen LogP contribution in [0.15, 0.2) is 53.5 Å². The van der Waals surface area contributed by atoms with Crippen LogP contribution in [-0.2, 0) is 6.54 Å². The third kappa shape index (κ3) is 6.58. The van der Waals surface area contributed by atoms with E-state index in [1.165, 1.54) is 30.5 Å². The zero-order valence-electron chi connectivity index (χ0n) is 16.7. The summed E-state index contributed by atoms with van der Waals surface area (Å²) in [7, 11) is 0. The Morgan fingerprint density at radius 2 is 1.75 bits per heavy atom. The number of hydrogen-bond acceptors (Lipinski definition) is 3. The summed E-state index contributed by atoms with van der Waals surface area (Å²) in [5.41, 5.74) is 9.49. The molecule has 0 bridgehead atoms. The topological polar surface area (TPSA) is 62.9 Å². The molecule has 6 heteroatoms. The SMILES string of the molecule is CC(C)Oc1ccc(NC(N)=NCc2ccccc2N2CCCCC2)cc1.I. The Balaban J connectivity index is 0.00000280. The molecule has 2 aromatic carbocycles. The number of aliphatic imine (C=N–C) groups is 1. The van der Waals surface area contributed by atoms with Crippen molar-refractivity contribution in [2.24, 2.45) is 10.7 Å². The summed E-state index contributed by atoms with van der Waals surface area (Å²) in [6.45, 7) is 6.84. The molecule has 152 valence electrons. The van der Waals surface area contributed by atoms with Gasteiger partial charge in [-0.2, -0.15) is 0 Å². The molecule has 0 saturated carbocycles. The van der Waals surface area contributed by atoms with Crippen LogP contribution < -0.4 is 20.7 Å². The predicted octanol–water partition coefficient (Wildman–Crippen LogP) is 5.01. The lowest BCUT2D eigenvalue weighted by Crippen LogP contribution is -2.30. The number of halogens is 1. The Hall–Kier alpha value is -1.96. The molecule has 1 heterocycles. The van der Waals surface area contributed by atoms with Crippen molar-refractivity contribution in [1.82, 2.24) is 0 Å². The van der Waals surface area contributed by atoms with Gasteiger partial charge in [-0.3, -0.25) is 0 Å². The molecule has 0 radical (unpaired) electrons. The lowest BCUT2D eigenvalue weighted by Gasteiger charge is -2.30. The van der Waals surface area contributed by atoms with E-state index in [2.05, 4.69) is 39.5 Å². The second kappa shape index (κ2) is 11.1. The van der Waals surface area contributed by atoms with Crippen molar-refractivity contribution in [2.45, 2.75) is 45.8 Å². The summed E-state index contributed by atoms with van der Waals surface area (Å²) in [4.78, 5) is 7.01. The van der Waals surface area contributed by atoms with E-state index in [9.17, 15) is 0 Å². The summed E-state index contributed by atoms with van der Waals surface area (Å²) < 4.78 is 5.66. The molecular formula is C22H31IN4O. The zero-order chi connectivity index (χ0) is 19.1. The van der Waals surface area contributed by atoms with Crippen molar-refractivity contribution < 1.29 is 4.74 Å². The fourth-order valence-electron chi connectivity index (χ4n) is 3.33. The number of nitrogens with one attached hydrogen (secondary N) is 1. The fraction of sp³-hybridized carbons (Fsp3) is 0.409. The first-order valence-corrected chi connectivity index (χ1v) is 9.78. The Kier molecular flexibility index (Phi) is 8.89. The van der Waals surface area contributed by atoms with E-state index in [0.29, 0.717) is 12.5 Å². The van der Waals surface area contributed by atoms with Gasteiger partial charge in [0.2, 0.25) is 0 Å². The molecule has 0 amide bonds. The number of anilines is 2. The number of nitrogens with zero attached hydrogens (tertiary/aromatic N) is 2. The molecule has 1 aliphatic heterocycles. The van der Waals surface area contributed by atoms with Crippen LogP contribution in [-0.4, -0.2) is 25.2 Å². The van der Waals surface area contributed by atoms with Gasteiger partial charge in [0.05, 0.1) is 12.6 Å². The molecule has 3 N–H and O–H groups in total. The monoisotopic (exact) mass is 494 g/mol. The minimum Gasteiger partial charge on any atom is -0.491 e. The average Bonchev–Trinajstić information content (AvgIpc) is 2.68. The molecule has 3 rings (SSSR count). The van der Waals surface area contributed by atoms with Gasteiger partial charge in [-0.05, 0) is 69.0 Å². The lowest BCUT2D eigenvalue weighted by molar-refractivity contribution is 0.242. The van der Waals surface area contributed by atoms with Crippen molar-refractivity contribution in [3.05, 3.63) is 54.1 Å². The van der Waals surface area contributed by atoms with Crippen LogP contribution in [0.3, 0.4) is 0 Å². The van der Waals surface area contributed by atoms with E-state index in [1.807, 2.05) is 38.1 Å². The molecule has 0 unspecified atom stereocenters. The number of ether oxygens (including phenoxy) is 1. The van der Waals surface area contributed by atoms with Crippen LogP contribution in [0.1, 0.15) is 38.7 Å². The molecule has 0 atom stereocenters. The normalized spacial score (nSPS) is 14.5. The molecule has 0 aliphatic carbocycles. The Morgan fingerprint density at radius 3 is 2.43 bits per heavy atom. The highest BCUT2D eigenvalue weighted by Crippen LogP contribution is 2.24. The minimum absolute atomic E-state index is 0. The third-order valence-electron chi connectivity index (χ3n) is 4.61. The lowest BCUT2D eigenvalue weighted by atomic mass is 10.1. The molecular weight excluding hydrogens is 463 g/mol. The third-order valence-corrected chi connectivity index (χ3v) is 4.61. The summed E-state index contributed by atoms with van der Waals surface area (Å²) in [6.07, 6.45) is 4.01. The molecule has 28 heavy (non-hydrogen) atoms. The minimum atomic E-state index is 0.